The molecule has 3 aromatic rings. The summed E-state index contributed by atoms with van der Waals surface area (Å²) in [5.41, 5.74) is 2.38. The van der Waals surface area contributed by atoms with Gasteiger partial charge >= 0.3 is 5.97 Å². The van der Waals surface area contributed by atoms with Crippen LogP contribution < -0.4 is 5.32 Å². The number of aryl methyl sites for hydroxylation is 1. The van der Waals surface area contributed by atoms with Gasteiger partial charge < -0.3 is 14.5 Å². The molecule has 0 aliphatic rings. The molecule has 0 fully saturated rings. The fourth-order valence-corrected chi connectivity index (χ4v) is 2.63. The van der Waals surface area contributed by atoms with Gasteiger partial charge in [0.25, 0.3) is 11.8 Å². The minimum Gasteiger partial charge on any atom is -0.453 e. The molecule has 0 radical (unpaired) electrons. The second-order valence-electron chi connectivity index (χ2n) is 6.46. The number of halogens is 1. The van der Waals surface area contributed by atoms with E-state index >= 15 is 0 Å². The van der Waals surface area contributed by atoms with Crippen LogP contribution in [0.5, 0.6) is 0 Å². The van der Waals surface area contributed by atoms with Crippen molar-refractivity contribution >= 4 is 23.5 Å². The number of esters is 1. The minimum atomic E-state index is -0.693. The van der Waals surface area contributed by atoms with Crippen LogP contribution in [0.15, 0.2) is 52.9 Å². The Bertz CT molecular complexity index is 984. The lowest BCUT2D eigenvalue weighted by Gasteiger charge is -2.10. The van der Waals surface area contributed by atoms with Gasteiger partial charge in [-0.15, -0.1) is 10.2 Å². The van der Waals surface area contributed by atoms with Crippen molar-refractivity contribution in [2.75, 3.05) is 6.54 Å². The molecule has 3 rings (SSSR count). The van der Waals surface area contributed by atoms with Crippen molar-refractivity contribution < 1.29 is 18.7 Å². The Hall–Kier alpha value is -3.19. The predicted molar refractivity (Wildman–Crippen MR) is 107 cm³/mol. The molecule has 2 aromatic carbocycles. The summed E-state index contributed by atoms with van der Waals surface area (Å²) in [7, 11) is 0. The van der Waals surface area contributed by atoms with E-state index in [1.807, 2.05) is 31.2 Å². The van der Waals surface area contributed by atoms with Gasteiger partial charge in [0.1, 0.15) is 0 Å². The zero-order chi connectivity index (χ0) is 20.8. The van der Waals surface area contributed by atoms with Crippen molar-refractivity contribution in [2.24, 2.45) is 0 Å². The standard InChI is InChI=1S/C21H20ClN3O4/c1-13-3-5-16(6-4-13)21-25-24-20(29-21)14(2)28-18(26)11-12-23-19(27)15-7-9-17(22)10-8-15/h3-10,14H,11-12H2,1-2H3,(H,23,27)/t14-/m0/s1. The molecule has 0 saturated carbocycles. The molecule has 0 aliphatic heterocycles. The lowest BCUT2D eigenvalue weighted by Crippen LogP contribution is -2.26. The Balaban J connectivity index is 1.47. The summed E-state index contributed by atoms with van der Waals surface area (Å²) < 4.78 is 10.9. The summed E-state index contributed by atoms with van der Waals surface area (Å²) in [6, 6.07) is 14.1. The molecular weight excluding hydrogens is 394 g/mol. The van der Waals surface area contributed by atoms with Crippen LogP contribution in [-0.2, 0) is 9.53 Å². The highest BCUT2D eigenvalue weighted by molar-refractivity contribution is 6.30. The zero-order valence-corrected chi connectivity index (χ0v) is 16.8. The van der Waals surface area contributed by atoms with Crippen molar-refractivity contribution in [3.63, 3.8) is 0 Å². The lowest BCUT2D eigenvalue weighted by molar-refractivity contribution is -0.149. The average molecular weight is 414 g/mol. The first kappa shape index (κ1) is 20.5. The van der Waals surface area contributed by atoms with Crippen LogP contribution >= 0.6 is 11.6 Å². The minimum absolute atomic E-state index is 0.0165. The number of carbonyl (C=O) groups excluding carboxylic acids is 2. The molecule has 1 amide bonds. The van der Waals surface area contributed by atoms with Crippen LogP contribution in [0.4, 0.5) is 0 Å². The molecule has 7 nitrogen and oxygen atoms in total. The average Bonchev–Trinajstić information content (AvgIpc) is 3.19. The number of benzene rings is 2. The van der Waals surface area contributed by atoms with Gasteiger partial charge in [0, 0.05) is 22.7 Å². The molecule has 29 heavy (non-hydrogen) atoms. The van der Waals surface area contributed by atoms with E-state index < -0.39 is 12.1 Å². The Morgan fingerprint density at radius 2 is 1.79 bits per heavy atom. The van der Waals surface area contributed by atoms with Crippen LogP contribution in [0.1, 0.15) is 41.3 Å². The maximum Gasteiger partial charge on any atom is 0.308 e. The van der Waals surface area contributed by atoms with E-state index in [0.29, 0.717) is 16.5 Å². The second-order valence-corrected chi connectivity index (χ2v) is 6.89. The second kappa shape index (κ2) is 9.34. The third-order valence-corrected chi connectivity index (χ3v) is 4.37. The van der Waals surface area contributed by atoms with Crippen LogP contribution in [0, 0.1) is 6.92 Å². The van der Waals surface area contributed by atoms with E-state index in [9.17, 15) is 9.59 Å². The van der Waals surface area contributed by atoms with E-state index in [2.05, 4.69) is 15.5 Å². The Morgan fingerprint density at radius 1 is 1.10 bits per heavy atom. The van der Waals surface area contributed by atoms with E-state index in [4.69, 9.17) is 20.8 Å². The maximum atomic E-state index is 12.0. The summed E-state index contributed by atoms with van der Waals surface area (Å²) in [5.74, 6) is -0.205. The maximum absolute atomic E-state index is 12.0. The Labute approximate surface area is 173 Å². The molecule has 150 valence electrons. The first-order chi connectivity index (χ1) is 13.9. The van der Waals surface area contributed by atoms with Crippen LogP contribution in [-0.4, -0.2) is 28.6 Å². The Kier molecular flexibility index (Phi) is 6.61. The number of nitrogens with one attached hydrogen (secondary N) is 1. The van der Waals surface area contributed by atoms with E-state index in [-0.39, 0.29) is 24.8 Å². The molecule has 1 atom stereocenters. The molecule has 1 aromatic heterocycles. The largest absolute Gasteiger partial charge is 0.453 e. The normalized spacial score (nSPS) is 11.7. The van der Waals surface area contributed by atoms with Crippen molar-refractivity contribution in [3.05, 3.63) is 70.6 Å². The lowest BCUT2D eigenvalue weighted by atomic mass is 10.1. The molecule has 0 aliphatic carbocycles. The smallest absolute Gasteiger partial charge is 0.308 e. The van der Waals surface area contributed by atoms with E-state index in [1.54, 1.807) is 31.2 Å². The van der Waals surface area contributed by atoms with Gasteiger partial charge in [0.15, 0.2) is 6.10 Å². The number of hydrogen-bond acceptors (Lipinski definition) is 6. The molecule has 0 bridgehead atoms. The van der Waals surface area contributed by atoms with Gasteiger partial charge in [-0.05, 0) is 50.2 Å². The highest BCUT2D eigenvalue weighted by Gasteiger charge is 2.19. The van der Waals surface area contributed by atoms with Crippen molar-refractivity contribution in [3.8, 4) is 11.5 Å². The van der Waals surface area contributed by atoms with Crippen molar-refractivity contribution in [1.82, 2.24) is 15.5 Å². The molecule has 0 saturated heterocycles. The molecule has 1 N–H and O–H groups in total. The quantitative estimate of drug-likeness (QED) is 0.585. The van der Waals surface area contributed by atoms with Gasteiger partial charge in [-0.25, -0.2) is 0 Å². The first-order valence-electron chi connectivity index (χ1n) is 9.06. The summed E-state index contributed by atoms with van der Waals surface area (Å²) >= 11 is 5.79. The number of ether oxygens (including phenoxy) is 1. The number of nitrogens with zero attached hydrogens (tertiary/aromatic N) is 2. The highest BCUT2D eigenvalue weighted by atomic mass is 35.5. The molecular formula is C21H20ClN3O4. The van der Waals surface area contributed by atoms with Gasteiger partial charge in [-0.2, -0.15) is 0 Å². The van der Waals surface area contributed by atoms with E-state index in [1.165, 1.54) is 0 Å². The van der Waals surface area contributed by atoms with Gasteiger partial charge in [-0.3, -0.25) is 9.59 Å². The summed E-state index contributed by atoms with van der Waals surface area (Å²) in [6.45, 7) is 3.78. The van der Waals surface area contributed by atoms with Gasteiger partial charge in [0.2, 0.25) is 5.89 Å². The number of aromatic nitrogens is 2. The Morgan fingerprint density at radius 3 is 2.48 bits per heavy atom. The topological polar surface area (TPSA) is 94.3 Å². The molecule has 0 spiro atoms. The van der Waals surface area contributed by atoms with E-state index in [0.717, 1.165) is 11.1 Å². The number of hydrogen-bond donors (Lipinski definition) is 1. The first-order valence-corrected chi connectivity index (χ1v) is 9.44. The third kappa shape index (κ3) is 5.65. The van der Waals surface area contributed by atoms with Crippen LogP contribution in [0.25, 0.3) is 11.5 Å². The number of carbonyl (C=O) groups is 2. The van der Waals surface area contributed by atoms with Crippen molar-refractivity contribution in [1.29, 1.82) is 0 Å². The predicted octanol–water partition coefficient (Wildman–Crippen LogP) is 4.12. The van der Waals surface area contributed by atoms with Gasteiger partial charge in [-0.1, -0.05) is 29.3 Å². The fraction of sp³-hybridized carbons (Fsp3) is 0.238. The summed E-state index contributed by atoms with van der Waals surface area (Å²) in [6.07, 6.45) is -0.677. The fourth-order valence-electron chi connectivity index (χ4n) is 2.50. The molecule has 1 heterocycles. The van der Waals surface area contributed by atoms with Crippen LogP contribution in [0.3, 0.4) is 0 Å². The van der Waals surface area contributed by atoms with Gasteiger partial charge in [0.05, 0.1) is 6.42 Å². The SMILES string of the molecule is Cc1ccc(-c2nnc([C@H](C)OC(=O)CCNC(=O)c3ccc(Cl)cc3)o2)cc1. The number of amides is 1. The summed E-state index contributed by atoms with van der Waals surface area (Å²) in [4.78, 5) is 24.0. The third-order valence-electron chi connectivity index (χ3n) is 4.12. The number of rotatable bonds is 7. The highest BCUT2D eigenvalue weighted by Crippen LogP contribution is 2.22. The van der Waals surface area contributed by atoms with Crippen molar-refractivity contribution in [2.45, 2.75) is 26.4 Å². The zero-order valence-electron chi connectivity index (χ0n) is 16.0. The molecule has 0 unspecified atom stereocenters. The monoisotopic (exact) mass is 413 g/mol. The molecule has 8 heteroatoms. The summed E-state index contributed by atoms with van der Waals surface area (Å²) in [5, 5.41) is 11.1. The van der Waals surface area contributed by atoms with Crippen LogP contribution in [0.2, 0.25) is 5.02 Å².